The van der Waals surface area contributed by atoms with Gasteiger partial charge in [-0.15, -0.1) is 5.10 Å². The number of aromatic amines is 1. The zero-order valence-corrected chi connectivity index (χ0v) is 11.7. The van der Waals surface area contributed by atoms with Crippen molar-refractivity contribution in [2.24, 2.45) is 0 Å². The molecule has 0 saturated carbocycles. The Labute approximate surface area is 120 Å². The van der Waals surface area contributed by atoms with E-state index < -0.39 is 5.60 Å². The minimum absolute atomic E-state index is 0.198. The zero-order chi connectivity index (χ0) is 15.0. The summed E-state index contributed by atoms with van der Waals surface area (Å²) in [4.78, 5) is 19.1. The fourth-order valence-electron chi connectivity index (χ4n) is 1.98. The lowest BCUT2D eigenvalue weighted by Gasteiger charge is -2.11. The maximum Gasteiger partial charge on any atom is 0.272 e. The van der Waals surface area contributed by atoms with Crippen molar-refractivity contribution in [3.8, 4) is 0 Å². The monoisotopic (exact) mass is 285 g/mol. The van der Waals surface area contributed by atoms with Crippen LogP contribution in [0.3, 0.4) is 0 Å². The van der Waals surface area contributed by atoms with Gasteiger partial charge < -0.3 is 10.1 Å². The molecule has 108 valence electrons. The number of hydrogen-bond acceptors (Lipinski definition) is 5. The van der Waals surface area contributed by atoms with Crippen LogP contribution in [-0.2, 0) is 12.1 Å². The second-order valence-electron chi connectivity index (χ2n) is 5.39. The summed E-state index contributed by atoms with van der Waals surface area (Å²) in [7, 11) is 0. The van der Waals surface area contributed by atoms with Gasteiger partial charge in [0.15, 0.2) is 0 Å². The van der Waals surface area contributed by atoms with Crippen LogP contribution in [0, 0.1) is 0 Å². The molecule has 0 aliphatic heterocycles. The maximum absolute atomic E-state index is 12.0. The van der Waals surface area contributed by atoms with Crippen molar-refractivity contribution in [3.05, 3.63) is 52.2 Å². The number of hydrogen-bond donors (Lipinski definition) is 2. The van der Waals surface area contributed by atoms with Crippen LogP contribution in [0.25, 0.3) is 11.0 Å². The maximum atomic E-state index is 12.0. The highest BCUT2D eigenvalue weighted by molar-refractivity contribution is 5.73. The Balaban J connectivity index is 1.96. The molecule has 0 amide bonds. The van der Waals surface area contributed by atoms with Crippen molar-refractivity contribution in [3.63, 3.8) is 0 Å². The molecular formula is C14H15N5O2. The second-order valence-corrected chi connectivity index (χ2v) is 5.39. The molecule has 7 nitrogen and oxygen atoms in total. The van der Waals surface area contributed by atoms with Gasteiger partial charge in [-0.25, -0.2) is 9.67 Å². The molecule has 0 saturated heterocycles. The van der Waals surface area contributed by atoms with Gasteiger partial charge in [-0.2, -0.15) is 0 Å². The Morgan fingerprint density at radius 1 is 1.33 bits per heavy atom. The smallest absolute Gasteiger partial charge is 0.272 e. The minimum atomic E-state index is -1.07. The van der Waals surface area contributed by atoms with Gasteiger partial charge in [0.25, 0.3) is 5.56 Å². The standard InChI is InChI=1S/C14H15N5O2/c1-14(2,21)12-8-19(18-17-12)7-11-13(20)16-10-6-4-3-5-9(10)15-11/h3-6,8,21H,7H2,1-2H3,(H,16,20). The van der Waals surface area contributed by atoms with Gasteiger partial charge in [0, 0.05) is 0 Å². The van der Waals surface area contributed by atoms with Gasteiger partial charge in [-0.3, -0.25) is 4.79 Å². The molecule has 21 heavy (non-hydrogen) atoms. The average Bonchev–Trinajstić information content (AvgIpc) is 2.88. The highest BCUT2D eigenvalue weighted by Crippen LogP contribution is 2.15. The van der Waals surface area contributed by atoms with E-state index in [2.05, 4.69) is 20.3 Å². The van der Waals surface area contributed by atoms with Crippen molar-refractivity contribution in [2.75, 3.05) is 0 Å². The van der Waals surface area contributed by atoms with Crippen molar-refractivity contribution < 1.29 is 5.11 Å². The highest BCUT2D eigenvalue weighted by atomic mass is 16.3. The first-order valence-electron chi connectivity index (χ1n) is 6.54. The molecule has 0 aliphatic carbocycles. The van der Waals surface area contributed by atoms with E-state index in [-0.39, 0.29) is 12.1 Å². The third-order valence-corrected chi connectivity index (χ3v) is 3.15. The molecular weight excluding hydrogens is 270 g/mol. The lowest BCUT2D eigenvalue weighted by atomic mass is 10.1. The molecule has 0 unspecified atom stereocenters. The molecule has 0 radical (unpaired) electrons. The van der Waals surface area contributed by atoms with E-state index in [1.807, 2.05) is 18.2 Å². The van der Waals surface area contributed by atoms with Crippen molar-refractivity contribution >= 4 is 11.0 Å². The number of nitrogens with one attached hydrogen (secondary N) is 1. The van der Waals surface area contributed by atoms with Crippen LogP contribution in [0.15, 0.2) is 35.3 Å². The molecule has 2 N–H and O–H groups in total. The van der Waals surface area contributed by atoms with E-state index in [0.717, 1.165) is 5.52 Å². The normalized spacial score (nSPS) is 12.0. The molecule has 7 heteroatoms. The molecule has 0 fully saturated rings. The van der Waals surface area contributed by atoms with E-state index in [1.165, 1.54) is 4.68 Å². The predicted molar refractivity (Wildman–Crippen MR) is 76.7 cm³/mol. The van der Waals surface area contributed by atoms with Crippen LogP contribution in [-0.4, -0.2) is 30.1 Å². The van der Waals surface area contributed by atoms with Gasteiger partial charge in [-0.05, 0) is 26.0 Å². The van der Waals surface area contributed by atoms with Crippen LogP contribution < -0.4 is 5.56 Å². The molecule has 2 heterocycles. The van der Waals surface area contributed by atoms with E-state index in [1.54, 1.807) is 26.1 Å². The molecule has 2 aromatic heterocycles. The van der Waals surface area contributed by atoms with E-state index in [9.17, 15) is 9.90 Å². The van der Waals surface area contributed by atoms with Crippen LogP contribution in [0.1, 0.15) is 25.2 Å². The first-order chi connectivity index (χ1) is 9.93. The summed E-state index contributed by atoms with van der Waals surface area (Å²) in [5, 5.41) is 17.7. The molecule has 1 aromatic carbocycles. The second kappa shape index (κ2) is 4.78. The van der Waals surface area contributed by atoms with Crippen LogP contribution in [0.4, 0.5) is 0 Å². The molecule has 0 bridgehead atoms. The number of fused-ring (bicyclic) bond motifs is 1. The fourth-order valence-corrected chi connectivity index (χ4v) is 1.98. The summed E-state index contributed by atoms with van der Waals surface area (Å²) in [6, 6.07) is 7.33. The third kappa shape index (κ3) is 2.68. The Morgan fingerprint density at radius 2 is 2.10 bits per heavy atom. The minimum Gasteiger partial charge on any atom is -0.384 e. The third-order valence-electron chi connectivity index (χ3n) is 3.15. The first kappa shape index (κ1) is 13.4. The lowest BCUT2D eigenvalue weighted by molar-refractivity contribution is 0.0737. The first-order valence-corrected chi connectivity index (χ1v) is 6.54. The van der Waals surface area contributed by atoms with E-state index >= 15 is 0 Å². The van der Waals surface area contributed by atoms with Gasteiger partial charge >= 0.3 is 0 Å². The van der Waals surface area contributed by atoms with Crippen LogP contribution in [0.2, 0.25) is 0 Å². The van der Waals surface area contributed by atoms with Crippen molar-refractivity contribution in [2.45, 2.75) is 26.0 Å². The van der Waals surface area contributed by atoms with Crippen LogP contribution in [0.5, 0.6) is 0 Å². The fraction of sp³-hybridized carbons (Fsp3) is 0.286. The lowest BCUT2D eigenvalue weighted by Crippen LogP contribution is -2.18. The molecule has 3 aromatic rings. The molecule has 0 aliphatic rings. The Kier molecular flexibility index (Phi) is 3.06. The largest absolute Gasteiger partial charge is 0.384 e. The quantitative estimate of drug-likeness (QED) is 0.741. The van der Waals surface area contributed by atoms with Gasteiger partial charge in [0.1, 0.15) is 17.0 Å². The summed E-state index contributed by atoms with van der Waals surface area (Å²) in [5.41, 5.74) is 0.883. The molecule has 0 spiro atoms. The van der Waals surface area contributed by atoms with E-state index in [4.69, 9.17) is 0 Å². The number of H-pyrrole nitrogens is 1. The van der Waals surface area contributed by atoms with E-state index in [0.29, 0.717) is 16.9 Å². The summed E-state index contributed by atoms with van der Waals surface area (Å²) < 4.78 is 1.49. The molecule has 0 atom stereocenters. The zero-order valence-electron chi connectivity index (χ0n) is 11.7. The number of aromatic nitrogens is 5. The summed E-state index contributed by atoms with van der Waals surface area (Å²) >= 11 is 0. The van der Waals surface area contributed by atoms with Crippen LogP contribution >= 0.6 is 0 Å². The Morgan fingerprint density at radius 3 is 2.81 bits per heavy atom. The number of nitrogens with zero attached hydrogens (tertiary/aromatic N) is 4. The number of benzene rings is 1. The van der Waals surface area contributed by atoms with Gasteiger partial charge in [-0.1, -0.05) is 17.3 Å². The number of aliphatic hydroxyl groups is 1. The number of rotatable bonds is 3. The average molecular weight is 285 g/mol. The predicted octanol–water partition coefficient (Wildman–Crippen LogP) is 0.790. The Bertz CT molecular complexity index is 844. The summed E-state index contributed by atoms with van der Waals surface area (Å²) in [5.74, 6) is 0. The number of para-hydroxylation sites is 2. The Hall–Kier alpha value is -2.54. The highest BCUT2D eigenvalue weighted by Gasteiger charge is 2.20. The van der Waals surface area contributed by atoms with Gasteiger partial charge in [0.05, 0.1) is 23.8 Å². The molecule has 3 rings (SSSR count). The topological polar surface area (TPSA) is 96.7 Å². The van der Waals surface area contributed by atoms with Gasteiger partial charge in [0.2, 0.25) is 0 Å². The summed E-state index contributed by atoms with van der Waals surface area (Å²) in [6.07, 6.45) is 1.61. The SMILES string of the molecule is CC(C)(O)c1cn(Cc2nc3ccccc3[nH]c2=O)nn1. The van der Waals surface area contributed by atoms with Crippen molar-refractivity contribution in [1.29, 1.82) is 0 Å². The van der Waals surface area contributed by atoms with Crippen molar-refractivity contribution in [1.82, 2.24) is 25.0 Å². The summed E-state index contributed by atoms with van der Waals surface area (Å²) in [6.45, 7) is 3.45.